The van der Waals surface area contributed by atoms with Crippen molar-refractivity contribution in [1.82, 2.24) is 39.7 Å². The van der Waals surface area contributed by atoms with Crippen molar-refractivity contribution < 1.29 is 9.53 Å². The number of carbonyl (C=O) groups is 1. The van der Waals surface area contributed by atoms with Gasteiger partial charge in [0, 0.05) is 42.5 Å². The van der Waals surface area contributed by atoms with Crippen LogP contribution in [0.15, 0.2) is 36.9 Å². The van der Waals surface area contributed by atoms with Crippen molar-refractivity contribution >= 4 is 17.1 Å². The summed E-state index contributed by atoms with van der Waals surface area (Å²) in [5.41, 5.74) is 8.61. The number of ether oxygens (including phenoxy) is 1. The van der Waals surface area contributed by atoms with E-state index in [-0.39, 0.29) is 11.8 Å². The van der Waals surface area contributed by atoms with Crippen molar-refractivity contribution in [2.75, 3.05) is 13.2 Å². The molecule has 1 saturated carbocycles. The fraction of sp³-hybridized carbons (Fsp3) is 0.435. The Morgan fingerprint density at radius 2 is 2.09 bits per heavy atom. The van der Waals surface area contributed by atoms with Crippen LogP contribution in [0.1, 0.15) is 32.0 Å². The Hall–Kier alpha value is -3.73. The van der Waals surface area contributed by atoms with Gasteiger partial charge >= 0.3 is 0 Å². The highest BCUT2D eigenvalue weighted by molar-refractivity contribution is 5.77. The highest BCUT2D eigenvalue weighted by atomic mass is 16.5. The lowest BCUT2D eigenvalue weighted by Crippen LogP contribution is -2.21. The molecule has 11 nitrogen and oxygen atoms in total. The first-order chi connectivity index (χ1) is 16.6. The van der Waals surface area contributed by atoms with Crippen molar-refractivity contribution in [3.8, 4) is 16.9 Å². The summed E-state index contributed by atoms with van der Waals surface area (Å²) in [4.78, 5) is 25.2. The third-order valence-electron chi connectivity index (χ3n) is 6.26. The Kier molecular flexibility index (Phi) is 6.26. The summed E-state index contributed by atoms with van der Waals surface area (Å²) in [6.45, 7) is 4.00. The van der Waals surface area contributed by atoms with E-state index in [1.54, 1.807) is 17.1 Å². The lowest BCUT2D eigenvalue weighted by Gasteiger charge is -2.08. The highest BCUT2D eigenvalue weighted by Gasteiger charge is 2.29. The molecule has 4 aromatic heterocycles. The maximum Gasteiger partial charge on any atom is 0.220 e. The maximum absolute atomic E-state index is 11.5. The average molecular weight is 462 g/mol. The van der Waals surface area contributed by atoms with Gasteiger partial charge in [-0.1, -0.05) is 5.21 Å². The van der Waals surface area contributed by atoms with Crippen molar-refractivity contribution in [2.45, 2.75) is 39.2 Å². The zero-order valence-electron chi connectivity index (χ0n) is 19.0. The molecule has 1 fully saturated rings. The SMILES string of the molecule is CCOCCn1cc(-c2ccc(-n3nnc4cnc(C[C@@H]5CC[C@@H](C(N)=O)C5)nc43)nc2)cn1. The molecule has 0 spiro atoms. The fourth-order valence-corrected chi connectivity index (χ4v) is 4.41. The van der Waals surface area contributed by atoms with Crippen LogP contribution in [-0.2, 0) is 22.5 Å². The normalized spacial score (nSPS) is 18.0. The van der Waals surface area contributed by atoms with Crippen molar-refractivity contribution in [3.05, 3.63) is 42.7 Å². The Bertz CT molecular complexity index is 1280. The number of primary amides is 1. The van der Waals surface area contributed by atoms with E-state index in [4.69, 9.17) is 15.5 Å². The van der Waals surface area contributed by atoms with E-state index in [0.717, 1.165) is 30.4 Å². The molecule has 176 valence electrons. The third kappa shape index (κ3) is 4.65. The number of hydrogen-bond donors (Lipinski definition) is 1. The molecule has 0 aliphatic heterocycles. The Balaban J connectivity index is 1.32. The van der Waals surface area contributed by atoms with Crippen LogP contribution in [0.3, 0.4) is 0 Å². The van der Waals surface area contributed by atoms with Crippen LogP contribution >= 0.6 is 0 Å². The molecule has 2 atom stereocenters. The van der Waals surface area contributed by atoms with Crippen LogP contribution < -0.4 is 5.73 Å². The van der Waals surface area contributed by atoms with Gasteiger partial charge < -0.3 is 10.5 Å². The number of nitrogens with two attached hydrogens (primary N) is 1. The fourth-order valence-electron chi connectivity index (χ4n) is 4.41. The Morgan fingerprint density at radius 3 is 2.85 bits per heavy atom. The molecule has 1 amide bonds. The first-order valence-electron chi connectivity index (χ1n) is 11.5. The van der Waals surface area contributed by atoms with E-state index in [1.807, 2.05) is 36.1 Å². The molecule has 2 N–H and O–H groups in total. The van der Waals surface area contributed by atoms with Gasteiger partial charge in [-0.15, -0.1) is 5.10 Å². The highest BCUT2D eigenvalue weighted by Crippen LogP contribution is 2.32. The molecule has 4 aromatic rings. The van der Waals surface area contributed by atoms with Crippen molar-refractivity contribution in [3.63, 3.8) is 0 Å². The second-order valence-electron chi connectivity index (χ2n) is 8.57. The lowest BCUT2D eigenvalue weighted by molar-refractivity contribution is -0.121. The smallest absolute Gasteiger partial charge is 0.220 e. The van der Waals surface area contributed by atoms with E-state index < -0.39 is 0 Å². The summed E-state index contributed by atoms with van der Waals surface area (Å²) in [6.07, 6.45) is 10.6. The molecule has 0 saturated heterocycles. The summed E-state index contributed by atoms with van der Waals surface area (Å²) in [5.74, 6) is 1.43. The minimum absolute atomic E-state index is 0.0413. The molecule has 11 heteroatoms. The predicted molar refractivity (Wildman–Crippen MR) is 124 cm³/mol. The summed E-state index contributed by atoms with van der Waals surface area (Å²) in [5, 5.41) is 12.8. The van der Waals surface area contributed by atoms with Gasteiger partial charge in [0.25, 0.3) is 0 Å². The predicted octanol–water partition coefficient (Wildman–Crippen LogP) is 1.95. The van der Waals surface area contributed by atoms with Gasteiger partial charge in [-0.25, -0.2) is 15.0 Å². The van der Waals surface area contributed by atoms with Crippen LogP contribution in [0.4, 0.5) is 0 Å². The molecule has 5 rings (SSSR count). The molecule has 4 heterocycles. The van der Waals surface area contributed by atoms with Gasteiger partial charge in [-0.05, 0) is 44.2 Å². The first kappa shape index (κ1) is 22.1. The number of amides is 1. The zero-order valence-corrected chi connectivity index (χ0v) is 19.0. The molecule has 0 aromatic carbocycles. The van der Waals surface area contributed by atoms with E-state index in [1.165, 1.54) is 0 Å². The topological polar surface area (TPSA) is 140 Å². The van der Waals surface area contributed by atoms with Gasteiger partial charge in [0.1, 0.15) is 5.82 Å². The summed E-state index contributed by atoms with van der Waals surface area (Å²) < 4.78 is 8.87. The number of pyridine rings is 1. The van der Waals surface area contributed by atoms with Gasteiger partial charge in [-0.3, -0.25) is 9.48 Å². The standard InChI is InChI=1S/C23H27N9O2/c1-2-34-8-7-31-14-18(12-27-31)17-5-6-21(26-11-17)32-23-19(29-30-32)13-25-20(28-23)10-15-3-4-16(9-15)22(24)33/h5-6,11-16H,2-4,7-10H2,1H3,(H2,24,33)/t15-,16-/m1/s1. The van der Waals surface area contributed by atoms with Gasteiger partial charge in [0.2, 0.25) is 5.91 Å². The zero-order chi connectivity index (χ0) is 23.5. The molecule has 34 heavy (non-hydrogen) atoms. The molecule has 0 bridgehead atoms. The molecule has 1 aliphatic carbocycles. The summed E-state index contributed by atoms with van der Waals surface area (Å²) in [6, 6.07) is 3.86. The summed E-state index contributed by atoms with van der Waals surface area (Å²) in [7, 11) is 0. The minimum atomic E-state index is -0.214. The van der Waals surface area contributed by atoms with Crippen LogP contribution in [0.5, 0.6) is 0 Å². The molecule has 0 unspecified atom stereocenters. The van der Waals surface area contributed by atoms with E-state index in [0.29, 0.717) is 54.9 Å². The Labute approximate surface area is 196 Å². The van der Waals surface area contributed by atoms with Gasteiger partial charge in [-0.2, -0.15) is 9.78 Å². The second-order valence-corrected chi connectivity index (χ2v) is 8.57. The molecule has 0 radical (unpaired) electrons. The van der Waals surface area contributed by atoms with Crippen LogP contribution in [0.25, 0.3) is 28.1 Å². The third-order valence-corrected chi connectivity index (χ3v) is 6.26. The van der Waals surface area contributed by atoms with Crippen LogP contribution in [-0.4, -0.2) is 58.8 Å². The Morgan fingerprint density at radius 1 is 1.18 bits per heavy atom. The van der Waals surface area contributed by atoms with Crippen molar-refractivity contribution in [1.29, 1.82) is 0 Å². The lowest BCUT2D eigenvalue weighted by atomic mass is 10.0. The number of nitrogens with zero attached hydrogens (tertiary/aromatic N) is 8. The van der Waals surface area contributed by atoms with Gasteiger partial charge in [0.05, 0.1) is 25.5 Å². The molecule has 1 aliphatic rings. The largest absolute Gasteiger partial charge is 0.380 e. The average Bonchev–Trinajstić information content (AvgIpc) is 3.59. The number of carbonyl (C=O) groups excluding carboxylic acids is 1. The van der Waals surface area contributed by atoms with Gasteiger partial charge in [0.15, 0.2) is 17.0 Å². The van der Waals surface area contributed by atoms with Crippen molar-refractivity contribution in [2.24, 2.45) is 17.6 Å². The maximum atomic E-state index is 11.5. The quantitative estimate of drug-likeness (QED) is 0.373. The van der Waals surface area contributed by atoms with E-state index >= 15 is 0 Å². The molecular formula is C23H27N9O2. The number of hydrogen-bond acceptors (Lipinski definition) is 8. The van der Waals surface area contributed by atoms with Crippen LogP contribution in [0.2, 0.25) is 0 Å². The minimum Gasteiger partial charge on any atom is -0.380 e. The van der Waals surface area contributed by atoms with E-state index in [9.17, 15) is 4.79 Å². The number of rotatable bonds is 9. The first-order valence-corrected chi connectivity index (χ1v) is 11.5. The number of aromatic nitrogens is 8. The van der Waals surface area contributed by atoms with E-state index in [2.05, 4.69) is 25.4 Å². The summed E-state index contributed by atoms with van der Waals surface area (Å²) >= 11 is 0. The van der Waals surface area contributed by atoms with Crippen LogP contribution in [0, 0.1) is 11.8 Å². The monoisotopic (exact) mass is 461 g/mol. The number of fused-ring (bicyclic) bond motifs is 1. The second kappa shape index (κ2) is 9.64. The molecular weight excluding hydrogens is 434 g/mol.